The van der Waals surface area contributed by atoms with Crippen molar-refractivity contribution in [2.24, 2.45) is 11.3 Å². The molecule has 1 saturated carbocycles. The van der Waals surface area contributed by atoms with E-state index in [4.69, 9.17) is 0 Å². The van der Waals surface area contributed by atoms with Gasteiger partial charge in [0.25, 0.3) is 0 Å². The van der Waals surface area contributed by atoms with Gasteiger partial charge in [-0.15, -0.1) is 0 Å². The average Bonchev–Trinajstić information content (AvgIpc) is 2.09. The SMILES string of the molecule is CCN(CC1CCC1)CC(C)(C)CBr. The van der Waals surface area contributed by atoms with Crippen molar-refractivity contribution in [1.82, 2.24) is 4.90 Å². The molecule has 0 radical (unpaired) electrons. The molecule has 0 aromatic heterocycles. The summed E-state index contributed by atoms with van der Waals surface area (Å²) >= 11 is 3.60. The highest BCUT2D eigenvalue weighted by molar-refractivity contribution is 9.09. The van der Waals surface area contributed by atoms with E-state index in [0.29, 0.717) is 5.41 Å². The monoisotopic (exact) mass is 261 g/mol. The van der Waals surface area contributed by atoms with E-state index in [0.717, 1.165) is 11.2 Å². The van der Waals surface area contributed by atoms with Crippen LogP contribution >= 0.6 is 15.9 Å². The molecule has 0 spiro atoms. The first-order valence-corrected chi connectivity index (χ1v) is 6.98. The van der Waals surface area contributed by atoms with Crippen LogP contribution in [0, 0.1) is 11.3 Å². The van der Waals surface area contributed by atoms with Crippen LogP contribution in [0.5, 0.6) is 0 Å². The van der Waals surface area contributed by atoms with Crippen molar-refractivity contribution in [2.75, 3.05) is 25.0 Å². The van der Waals surface area contributed by atoms with Crippen LogP contribution in [0.2, 0.25) is 0 Å². The highest BCUT2D eigenvalue weighted by Crippen LogP contribution is 2.28. The summed E-state index contributed by atoms with van der Waals surface area (Å²) in [6.07, 6.45) is 4.39. The second-order valence-electron chi connectivity index (χ2n) is 5.42. The van der Waals surface area contributed by atoms with Crippen molar-refractivity contribution in [3.8, 4) is 0 Å². The maximum absolute atomic E-state index is 3.60. The molecule has 0 unspecified atom stereocenters. The topological polar surface area (TPSA) is 3.24 Å². The van der Waals surface area contributed by atoms with Gasteiger partial charge in [0.1, 0.15) is 0 Å². The molecular formula is C12H24BrN. The quantitative estimate of drug-likeness (QED) is 0.662. The van der Waals surface area contributed by atoms with Gasteiger partial charge in [-0.1, -0.05) is 43.1 Å². The Kier molecular flexibility index (Phi) is 4.92. The van der Waals surface area contributed by atoms with Crippen molar-refractivity contribution < 1.29 is 0 Å². The molecule has 1 rings (SSSR count). The summed E-state index contributed by atoms with van der Waals surface area (Å²) in [4.78, 5) is 2.62. The second-order valence-corrected chi connectivity index (χ2v) is 5.98. The summed E-state index contributed by atoms with van der Waals surface area (Å²) in [6.45, 7) is 10.7. The molecule has 1 aliphatic carbocycles. The van der Waals surface area contributed by atoms with E-state index in [2.05, 4.69) is 41.6 Å². The fraction of sp³-hybridized carbons (Fsp3) is 1.00. The zero-order valence-electron chi connectivity index (χ0n) is 9.85. The van der Waals surface area contributed by atoms with Crippen LogP contribution in [0.15, 0.2) is 0 Å². The Labute approximate surface area is 97.4 Å². The lowest BCUT2D eigenvalue weighted by Gasteiger charge is -2.36. The highest BCUT2D eigenvalue weighted by Gasteiger charge is 2.24. The summed E-state index contributed by atoms with van der Waals surface area (Å²) in [5.41, 5.74) is 0.416. The van der Waals surface area contributed by atoms with Gasteiger partial charge in [0.05, 0.1) is 0 Å². The molecule has 0 N–H and O–H groups in total. The average molecular weight is 262 g/mol. The maximum Gasteiger partial charge on any atom is 0.00949 e. The number of halogens is 1. The molecular weight excluding hydrogens is 238 g/mol. The normalized spacial score (nSPS) is 18.6. The molecule has 0 bridgehead atoms. The van der Waals surface area contributed by atoms with E-state index in [9.17, 15) is 0 Å². The number of rotatable bonds is 6. The number of hydrogen-bond donors (Lipinski definition) is 0. The van der Waals surface area contributed by atoms with E-state index in [1.54, 1.807) is 0 Å². The minimum atomic E-state index is 0.416. The van der Waals surface area contributed by atoms with Crippen molar-refractivity contribution in [1.29, 1.82) is 0 Å². The van der Waals surface area contributed by atoms with Gasteiger partial charge >= 0.3 is 0 Å². The molecule has 14 heavy (non-hydrogen) atoms. The van der Waals surface area contributed by atoms with Gasteiger partial charge < -0.3 is 4.90 Å². The summed E-state index contributed by atoms with van der Waals surface area (Å²) in [5.74, 6) is 1.00. The van der Waals surface area contributed by atoms with Crippen LogP contribution in [0.4, 0.5) is 0 Å². The Morgan fingerprint density at radius 1 is 1.36 bits per heavy atom. The minimum absolute atomic E-state index is 0.416. The molecule has 0 aromatic carbocycles. The summed E-state index contributed by atoms with van der Waals surface area (Å²) in [6, 6.07) is 0. The van der Waals surface area contributed by atoms with Gasteiger partial charge in [-0.25, -0.2) is 0 Å². The van der Waals surface area contributed by atoms with E-state index < -0.39 is 0 Å². The lowest BCUT2D eigenvalue weighted by molar-refractivity contribution is 0.144. The number of hydrogen-bond acceptors (Lipinski definition) is 1. The molecule has 84 valence electrons. The third kappa shape index (κ3) is 3.90. The highest BCUT2D eigenvalue weighted by atomic mass is 79.9. The van der Waals surface area contributed by atoms with Crippen molar-refractivity contribution in [2.45, 2.75) is 40.0 Å². The third-order valence-electron chi connectivity index (χ3n) is 3.20. The standard InChI is InChI=1S/C12H24BrN/c1-4-14(8-11-6-5-7-11)10-12(2,3)9-13/h11H,4-10H2,1-3H3. The van der Waals surface area contributed by atoms with Gasteiger partial charge in [0.15, 0.2) is 0 Å². The molecule has 0 aromatic rings. The van der Waals surface area contributed by atoms with Crippen LogP contribution in [-0.2, 0) is 0 Å². The Balaban J connectivity index is 2.29. The molecule has 0 amide bonds. The molecule has 1 fully saturated rings. The molecule has 0 aliphatic heterocycles. The van der Waals surface area contributed by atoms with Gasteiger partial charge in [-0.3, -0.25) is 0 Å². The van der Waals surface area contributed by atoms with Gasteiger partial charge in [-0.2, -0.15) is 0 Å². The third-order valence-corrected chi connectivity index (χ3v) is 4.72. The van der Waals surface area contributed by atoms with Crippen LogP contribution in [-0.4, -0.2) is 29.9 Å². The fourth-order valence-electron chi connectivity index (χ4n) is 1.99. The predicted molar refractivity (Wildman–Crippen MR) is 67.0 cm³/mol. The molecule has 0 atom stereocenters. The van der Waals surface area contributed by atoms with Gasteiger partial charge in [-0.05, 0) is 30.7 Å². The lowest BCUT2D eigenvalue weighted by atomic mass is 9.84. The number of alkyl halides is 1. The Morgan fingerprint density at radius 3 is 2.36 bits per heavy atom. The van der Waals surface area contributed by atoms with Crippen LogP contribution < -0.4 is 0 Å². The Bertz CT molecular complexity index is 164. The molecule has 1 nitrogen and oxygen atoms in total. The molecule has 0 saturated heterocycles. The smallest absolute Gasteiger partial charge is 0.00949 e. The zero-order chi connectivity index (χ0) is 10.6. The first-order chi connectivity index (χ1) is 6.57. The zero-order valence-corrected chi connectivity index (χ0v) is 11.4. The Hall–Kier alpha value is 0.440. The van der Waals surface area contributed by atoms with Crippen molar-refractivity contribution in [3.05, 3.63) is 0 Å². The largest absolute Gasteiger partial charge is 0.303 e. The predicted octanol–water partition coefficient (Wildman–Crippen LogP) is 3.53. The summed E-state index contributed by atoms with van der Waals surface area (Å²) < 4.78 is 0. The first kappa shape index (κ1) is 12.5. The first-order valence-electron chi connectivity index (χ1n) is 5.85. The van der Waals surface area contributed by atoms with Crippen molar-refractivity contribution in [3.63, 3.8) is 0 Å². The molecule has 2 heteroatoms. The second kappa shape index (κ2) is 5.50. The summed E-state index contributed by atoms with van der Waals surface area (Å²) in [7, 11) is 0. The van der Waals surface area contributed by atoms with E-state index in [1.165, 1.54) is 38.9 Å². The lowest BCUT2D eigenvalue weighted by Crippen LogP contribution is -2.39. The van der Waals surface area contributed by atoms with Crippen LogP contribution in [0.1, 0.15) is 40.0 Å². The molecule has 1 aliphatic rings. The fourth-order valence-corrected chi connectivity index (χ4v) is 2.17. The van der Waals surface area contributed by atoms with Gasteiger partial charge in [0, 0.05) is 18.4 Å². The van der Waals surface area contributed by atoms with E-state index >= 15 is 0 Å². The van der Waals surface area contributed by atoms with E-state index in [-0.39, 0.29) is 0 Å². The van der Waals surface area contributed by atoms with Crippen LogP contribution in [0.3, 0.4) is 0 Å². The minimum Gasteiger partial charge on any atom is -0.303 e. The van der Waals surface area contributed by atoms with E-state index in [1.807, 2.05) is 0 Å². The Morgan fingerprint density at radius 2 is 2.00 bits per heavy atom. The van der Waals surface area contributed by atoms with Crippen LogP contribution in [0.25, 0.3) is 0 Å². The van der Waals surface area contributed by atoms with Crippen molar-refractivity contribution >= 4 is 15.9 Å². The van der Waals surface area contributed by atoms with Gasteiger partial charge in [0.2, 0.25) is 0 Å². The molecule has 0 heterocycles. The number of nitrogens with zero attached hydrogens (tertiary/aromatic N) is 1. The maximum atomic E-state index is 3.60. The summed E-state index contributed by atoms with van der Waals surface area (Å²) in [5, 5.41) is 1.10.